The molecule has 0 spiro atoms. The molecule has 0 aromatic rings. The maximum Gasteiger partial charge on any atom is 0.325 e. The van der Waals surface area contributed by atoms with Crippen molar-refractivity contribution in [2.24, 2.45) is 5.41 Å². The Morgan fingerprint density at radius 3 is 1.54 bits per heavy atom. The summed E-state index contributed by atoms with van der Waals surface area (Å²) in [5.41, 5.74) is -2.00. The highest BCUT2D eigenvalue weighted by Crippen LogP contribution is 2.39. The van der Waals surface area contributed by atoms with Gasteiger partial charge >= 0.3 is 11.9 Å². The van der Waals surface area contributed by atoms with Crippen LogP contribution in [0.1, 0.15) is 78.1 Å². The Morgan fingerprint density at radius 1 is 0.875 bits per heavy atom. The maximum absolute atomic E-state index is 11.9. The van der Waals surface area contributed by atoms with Crippen molar-refractivity contribution < 1.29 is 32.8 Å². The second kappa shape index (κ2) is 10.7. The van der Waals surface area contributed by atoms with Crippen molar-refractivity contribution in [1.82, 2.24) is 0 Å². The zero-order valence-electron chi connectivity index (χ0n) is 14.5. The molecule has 7 nitrogen and oxygen atoms in total. The minimum Gasteiger partial charge on any atom is -0.481 e. The minimum atomic E-state index is -5.03. The molecular weight excluding hydrogens is 336 g/mol. The summed E-state index contributed by atoms with van der Waals surface area (Å²) in [7, 11) is -5.03. The van der Waals surface area contributed by atoms with Crippen LogP contribution < -0.4 is 0 Å². The topological polar surface area (TPSA) is 129 Å². The van der Waals surface area contributed by atoms with Crippen molar-refractivity contribution in [2.75, 3.05) is 0 Å². The zero-order valence-corrected chi connectivity index (χ0v) is 15.3. The Kier molecular flexibility index (Phi) is 10.1. The summed E-state index contributed by atoms with van der Waals surface area (Å²) in [6.45, 7) is 3.96. The van der Waals surface area contributed by atoms with Crippen molar-refractivity contribution in [3.05, 3.63) is 0 Å². The van der Waals surface area contributed by atoms with Gasteiger partial charge in [-0.25, -0.2) is 0 Å². The van der Waals surface area contributed by atoms with Crippen LogP contribution in [0.5, 0.6) is 0 Å². The summed E-state index contributed by atoms with van der Waals surface area (Å²) in [6, 6.07) is 0. The number of rotatable bonds is 14. The highest BCUT2D eigenvalue weighted by Gasteiger charge is 2.55. The number of carboxylic acids is 2. The zero-order chi connectivity index (χ0) is 18.8. The van der Waals surface area contributed by atoms with Gasteiger partial charge in [0.15, 0.2) is 5.25 Å². The first kappa shape index (κ1) is 22.9. The van der Waals surface area contributed by atoms with Crippen LogP contribution in [0.3, 0.4) is 0 Å². The first-order valence-corrected chi connectivity index (χ1v) is 10.1. The number of carboxylic acid groups (broad SMARTS) is 2. The third kappa shape index (κ3) is 6.76. The van der Waals surface area contributed by atoms with E-state index in [1.54, 1.807) is 0 Å². The maximum atomic E-state index is 11.9. The van der Waals surface area contributed by atoms with E-state index in [2.05, 4.69) is 0 Å². The fourth-order valence-corrected chi connectivity index (χ4v) is 4.26. The van der Waals surface area contributed by atoms with Gasteiger partial charge in [-0.15, -0.1) is 0 Å². The quantitative estimate of drug-likeness (QED) is 0.317. The van der Waals surface area contributed by atoms with Gasteiger partial charge in [-0.05, 0) is 12.8 Å². The van der Waals surface area contributed by atoms with Gasteiger partial charge in [0.25, 0.3) is 10.1 Å². The lowest BCUT2D eigenvalue weighted by atomic mass is 9.74. The molecule has 0 aromatic carbocycles. The molecule has 0 radical (unpaired) electrons. The largest absolute Gasteiger partial charge is 0.481 e. The molecule has 0 saturated heterocycles. The van der Waals surface area contributed by atoms with Crippen LogP contribution in [-0.4, -0.2) is 40.4 Å². The number of aliphatic carboxylic acids is 2. The molecule has 0 heterocycles. The summed E-state index contributed by atoms with van der Waals surface area (Å²) < 4.78 is 32.6. The average Bonchev–Trinajstić information content (AvgIpc) is 2.45. The van der Waals surface area contributed by atoms with Crippen molar-refractivity contribution >= 4 is 22.1 Å². The van der Waals surface area contributed by atoms with Gasteiger partial charge in [-0.1, -0.05) is 65.2 Å². The number of hydrogen-bond acceptors (Lipinski definition) is 4. The lowest BCUT2D eigenvalue weighted by Crippen LogP contribution is -2.51. The van der Waals surface area contributed by atoms with Crippen LogP contribution in [0.25, 0.3) is 0 Å². The van der Waals surface area contributed by atoms with E-state index < -0.39 is 32.7 Å². The van der Waals surface area contributed by atoms with E-state index in [1.165, 1.54) is 0 Å². The molecular formula is C16H30O7S. The summed E-state index contributed by atoms with van der Waals surface area (Å²) in [4.78, 5) is 23.4. The molecule has 1 unspecified atom stereocenters. The molecule has 0 fully saturated rings. The fourth-order valence-electron chi connectivity index (χ4n) is 3.10. The number of carbonyl (C=O) groups is 2. The van der Waals surface area contributed by atoms with E-state index in [9.17, 15) is 32.8 Å². The molecule has 0 aliphatic heterocycles. The van der Waals surface area contributed by atoms with Crippen molar-refractivity contribution in [1.29, 1.82) is 0 Å². The smallest absolute Gasteiger partial charge is 0.325 e. The Morgan fingerprint density at radius 2 is 1.29 bits per heavy atom. The summed E-state index contributed by atoms with van der Waals surface area (Å²) >= 11 is 0. The summed E-state index contributed by atoms with van der Waals surface area (Å²) in [5, 5.41) is 16.6. The van der Waals surface area contributed by atoms with Crippen LogP contribution in [0.2, 0.25) is 0 Å². The van der Waals surface area contributed by atoms with Crippen molar-refractivity contribution in [3.8, 4) is 0 Å². The Labute approximate surface area is 144 Å². The molecule has 0 amide bonds. The molecule has 8 heteroatoms. The van der Waals surface area contributed by atoms with Crippen LogP contribution >= 0.6 is 0 Å². The lowest BCUT2D eigenvalue weighted by molar-refractivity contribution is -0.156. The van der Waals surface area contributed by atoms with Crippen LogP contribution in [0.4, 0.5) is 0 Å². The molecule has 24 heavy (non-hydrogen) atoms. The fraction of sp³-hybridized carbons (Fsp3) is 0.875. The van der Waals surface area contributed by atoms with Crippen LogP contribution in [-0.2, 0) is 19.7 Å². The van der Waals surface area contributed by atoms with Crippen molar-refractivity contribution in [3.63, 3.8) is 0 Å². The Bertz CT molecular complexity index is 487. The average molecular weight is 366 g/mol. The van der Waals surface area contributed by atoms with E-state index in [1.807, 2.05) is 13.8 Å². The lowest BCUT2D eigenvalue weighted by Gasteiger charge is -2.33. The first-order valence-electron chi connectivity index (χ1n) is 8.56. The van der Waals surface area contributed by atoms with E-state index in [0.29, 0.717) is 25.7 Å². The van der Waals surface area contributed by atoms with E-state index in [4.69, 9.17) is 0 Å². The predicted molar refractivity (Wildman–Crippen MR) is 90.6 cm³/mol. The van der Waals surface area contributed by atoms with Gasteiger partial charge < -0.3 is 10.2 Å². The Balaban J connectivity index is 5.61. The van der Waals surface area contributed by atoms with E-state index >= 15 is 0 Å². The van der Waals surface area contributed by atoms with Gasteiger partial charge in [-0.2, -0.15) is 8.42 Å². The monoisotopic (exact) mass is 366 g/mol. The van der Waals surface area contributed by atoms with Gasteiger partial charge in [0.05, 0.1) is 5.41 Å². The highest BCUT2D eigenvalue weighted by molar-refractivity contribution is 7.87. The number of hydrogen-bond donors (Lipinski definition) is 3. The first-order chi connectivity index (χ1) is 11.1. The molecule has 0 aliphatic rings. The van der Waals surface area contributed by atoms with E-state index in [0.717, 1.165) is 25.7 Å². The molecule has 1 atom stereocenters. The highest BCUT2D eigenvalue weighted by atomic mass is 32.2. The molecule has 0 aliphatic carbocycles. The van der Waals surface area contributed by atoms with E-state index in [-0.39, 0.29) is 12.8 Å². The normalized spacial score (nSPS) is 13.6. The molecule has 0 saturated carbocycles. The molecule has 0 rings (SSSR count). The SMILES string of the molecule is CCCCCCC(CCCCCC)(C(=O)O)C(C(=O)O)S(=O)(=O)O. The van der Waals surface area contributed by atoms with Gasteiger partial charge in [0.2, 0.25) is 0 Å². The second-order valence-corrected chi connectivity index (χ2v) is 7.82. The van der Waals surface area contributed by atoms with Crippen LogP contribution in [0, 0.1) is 5.41 Å². The second-order valence-electron chi connectivity index (χ2n) is 6.32. The number of unbranched alkanes of at least 4 members (excludes halogenated alkanes) is 6. The third-order valence-electron chi connectivity index (χ3n) is 4.40. The van der Waals surface area contributed by atoms with Gasteiger partial charge in [0.1, 0.15) is 0 Å². The minimum absolute atomic E-state index is 0.0782. The van der Waals surface area contributed by atoms with Gasteiger partial charge in [-0.3, -0.25) is 14.1 Å². The molecule has 0 aromatic heterocycles. The third-order valence-corrected chi connectivity index (χ3v) is 5.65. The van der Waals surface area contributed by atoms with Gasteiger partial charge in [0, 0.05) is 0 Å². The summed E-state index contributed by atoms with van der Waals surface area (Å²) in [6.07, 6.45) is 5.59. The summed E-state index contributed by atoms with van der Waals surface area (Å²) in [5.74, 6) is -3.29. The molecule has 0 bridgehead atoms. The van der Waals surface area contributed by atoms with Crippen molar-refractivity contribution in [2.45, 2.75) is 83.3 Å². The molecule has 3 N–H and O–H groups in total. The Hall–Kier alpha value is -1.15. The van der Waals surface area contributed by atoms with Crippen LogP contribution in [0.15, 0.2) is 0 Å². The predicted octanol–water partition coefficient (Wildman–Crippen LogP) is 3.34. The molecule has 142 valence electrons. The standard InChI is InChI=1S/C16H30O7S/c1-3-5-7-9-11-16(15(19)20,12-10-8-6-4-2)13(14(17)18)24(21,22)23/h13H,3-12H2,1-2H3,(H,17,18)(H,19,20)(H,21,22,23).